The van der Waals surface area contributed by atoms with Crippen LogP contribution in [0, 0.1) is 0 Å². The predicted molar refractivity (Wildman–Crippen MR) is 80.4 cm³/mol. The first-order valence-corrected chi connectivity index (χ1v) is 7.19. The Balaban J connectivity index is 1.72. The van der Waals surface area contributed by atoms with E-state index in [9.17, 15) is 4.79 Å². The molecule has 2 unspecified atom stereocenters. The predicted octanol–water partition coefficient (Wildman–Crippen LogP) is 2.90. The first-order valence-electron chi connectivity index (χ1n) is 7.19. The molecule has 2 aromatic rings. The van der Waals surface area contributed by atoms with Gasteiger partial charge in [0.25, 0.3) is 0 Å². The van der Waals surface area contributed by atoms with Crippen molar-refractivity contribution < 1.29 is 14.3 Å². The summed E-state index contributed by atoms with van der Waals surface area (Å²) in [5.41, 5.74) is 1.79. The fourth-order valence-corrected chi connectivity index (χ4v) is 2.23. The van der Waals surface area contributed by atoms with Gasteiger partial charge in [-0.15, -0.1) is 0 Å². The van der Waals surface area contributed by atoms with Gasteiger partial charge in [0.15, 0.2) is 5.78 Å². The quantitative estimate of drug-likeness (QED) is 0.579. The van der Waals surface area contributed by atoms with Gasteiger partial charge in [0.05, 0.1) is 13.2 Å². The Kier molecular flexibility index (Phi) is 4.43. The largest absolute Gasteiger partial charge is 0.371 e. The molecular weight excluding hydrogens is 264 g/mol. The maximum absolute atomic E-state index is 12.6. The van der Waals surface area contributed by atoms with Crippen molar-refractivity contribution in [2.24, 2.45) is 0 Å². The number of epoxide rings is 1. The molecule has 3 heteroatoms. The van der Waals surface area contributed by atoms with E-state index >= 15 is 0 Å². The second kappa shape index (κ2) is 6.66. The molecule has 3 nitrogen and oxygen atoms in total. The van der Waals surface area contributed by atoms with Crippen molar-refractivity contribution >= 4 is 5.78 Å². The summed E-state index contributed by atoms with van der Waals surface area (Å²) in [4.78, 5) is 12.6. The molecule has 0 aromatic heterocycles. The van der Waals surface area contributed by atoms with Crippen molar-refractivity contribution in [2.45, 2.75) is 18.6 Å². The van der Waals surface area contributed by atoms with Crippen LogP contribution in [0.2, 0.25) is 0 Å². The van der Waals surface area contributed by atoms with E-state index < -0.39 is 6.10 Å². The third-order valence-corrected chi connectivity index (χ3v) is 3.50. The zero-order valence-electron chi connectivity index (χ0n) is 11.8. The van der Waals surface area contributed by atoms with E-state index in [0.717, 1.165) is 12.2 Å². The molecule has 0 saturated carbocycles. The summed E-state index contributed by atoms with van der Waals surface area (Å²) in [7, 11) is 0. The third kappa shape index (κ3) is 4.00. The molecule has 0 spiro atoms. The number of rotatable bonds is 7. The van der Waals surface area contributed by atoms with Crippen molar-refractivity contribution in [3.05, 3.63) is 71.8 Å². The molecule has 0 radical (unpaired) electrons. The van der Waals surface area contributed by atoms with Crippen LogP contribution < -0.4 is 0 Å². The molecule has 1 fully saturated rings. The maximum atomic E-state index is 12.6. The van der Waals surface area contributed by atoms with Gasteiger partial charge in [-0.25, -0.2) is 0 Å². The molecule has 1 aliphatic rings. The van der Waals surface area contributed by atoms with E-state index in [0.29, 0.717) is 18.6 Å². The summed E-state index contributed by atoms with van der Waals surface area (Å²) in [6, 6.07) is 19.3. The van der Waals surface area contributed by atoms with Gasteiger partial charge in [0.1, 0.15) is 12.2 Å². The first-order chi connectivity index (χ1) is 10.3. The van der Waals surface area contributed by atoms with Crippen molar-refractivity contribution in [1.29, 1.82) is 0 Å². The molecule has 0 amide bonds. The normalized spacial score (nSPS) is 18.2. The number of ether oxygens (including phenoxy) is 2. The molecule has 0 bridgehead atoms. The van der Waals surface area contributed by atoms with Crippen LogP contribution in [0.3, 0.4) is 0 Å². The minimum atomic E-state index is -0.459. The van der Waals surface area contributed by atoms with E-state index in [1.54, 1.807) is 0 Å². The maximum Gasteiger partial charge on any atom is 0.191 e. The number of Topliss-reactive ketones (excluding diaryl/α,β-unsaturated/α-hetero) is 1. The van der Waals surface area contributed by atoms with Crippen LogP contribution in [-0.2, 0) is 15.9 Å². The molecule has 1 saturated heterocycles. The standard InChI is InChI=1S/C18H18O3/c19-18(15-9-5-2-6-10-15)17(21-13-16-12-20-16)11-14-7-3-1-4-8-14/h1-10,16-17H,11-13H2. The topological polar surface area (TPSA) is 38.8 Å². The smallest absolute Gasteiger partial charge is 0.191 e. The van der Waals surface area contributed by atoms with Crippen LogP contribution in [-0.4, -0.2) is 31.2 Å². The van der Waals surface area contributed by atoms with Crippen molar-refractivity contribution in [3.63, 3.8) is 0 Å². The highest BCUT2D eigenvalue weighted by Gasteiger charge is 2.27. The van der Waals surface area contributed by atoms with E-state index in [-0.39, 0.29) is 11.9 Å². The van der Waals surface area contributed by atoms with E-state index in [1.165, 1.54) is 0 Å². The molecule has 0 aliphatic carbocycles. The minimum absolute atomic E-state index is 0.0279. The highest BCUT2D eigenvalue weighted by molar-refractivity contribution is 5.99. The van der Waals surface area contributed by atoms with Gasteiger partial charge in [-0.3, -0.25) is 4.79 Å². The van der Waals surface area contributed by atoms with Crippen molar-refractivity contribution in [2.75, 3.05) is 13.2 Å². The Morgan fingerprint density at radius 2 is 1.71 bits per heavy atom. The van der Waals surface area contributed by atoms with Gasteiger partial charge < -0.3 is 9.47 Å². The lowest BCUT2D eigenvalue weighted by molar-refractivity contribution is 0.0356. The Morgan fingerprint density at radius 1 is 1.10 bits per heavy atom. The summed E-state index contributed by atoms with van der Waals surface area (Å²) in [6.07, 6.45) is 0.284. The summed E-state index contributed by atoms with van der Waals surface area (Å²) in [5, 5.41) is 0. The van der Waals surface area contributed by atoms with Crippen LogP contribution in [0.1, 0.15) is 15.9 Å². The van der Waals surface area contributed by atoms with Crippen LogP contribution >= 0.6 is 0 Å². The Bertz CT molecular complexity index is 576. The lowest BCUT2D eigenvalue weighted by Gasteiger charge is -2.16. The monoisotopic (exact) mass is 282 g/mol. The van der Waals surface area contributed by atoms with Crippen molar-refractivity contribution in [1.82, 2.24) is 0 Å². The minimum Gasteiger partial charge on any atom is -0.371 e. The molecule has 2 atom stereocenters. The summed E-state index contributed by atoms with van der Waals surface area (Å²) in [6.45, 7) is 1.22. The van der Waals surface area contributed by atoms with Crippen LogP contribution in [0.25, 0.3) is 0 Å². The highest BCUT2D eigenvalue weighted by atomic mass is 16.6. The number of carbonyl (C=O) groups is 1. The Hall–Kier alpha value is -1.97. The SMILES string of the molecule is O=C(c1ccccc1)C(Cc1ccccc1)OCC1CO1. The number of hydrogen-bond donors (Lipinski definition) is 0. The molecule has 1 aliphatic heterocycles. The second-order valence-corrected chi connectivity index (χ2v) is 5.20. The fourth-order valence-electron chi connectivity index (χ4n) is 2.23. The Morgan fingerprint density at radius 3 is 2.33 bits per heavy atom. The average molecular weight is 282 g/mol. The van der Waals surface area contributed by atoms with Crippen LogP contribution in [0.15, 0.2) is 60.7 Å². The van der Waals surface area contributed by atoms with Crippen LogP contribution in [0.5, 0.6) is 0 Å². The fraction of sp³-hybridized carbons (Fsp3) is 0.278. The average Bonchev–Trinajstić information content (AvgIpc) is 3.37. The lowest BCUT2D eigenvalue weighted by Crippen LogP contribution is -2.28. The molecular formula is C18H18O3. The highest BCUT2D eigenvalue weighted by Crippen LogP contribution is 2.16. The number of hydrogen-bond acceptors (Lipinski definition) is 3. The van der Waals surface area contributed by atoms with Gasteiger partial charge in [-0.2, -0.15) is 0 Å². The van der Waals surface area contributed by atoms with Gasteiger partial charge in [-0.05, 0) is 5.56 Å². The van der Waals surface area contributed by atoms with Crippen molar-refractivity contribution in [3.8, 4) is 0 Å². The lowest BCUT2D eigenvalue weighted by atomic mass is 10.00. The zero-order valence-corrected chi connectivity index (χ0v) is 11.8. The summed E-state index contributed by atoms with van der Waals surface area (Å²) in [5.74, 6) is 0.0279. The van der Waals surface area contributed by atoms with E-state index in [1.807, 2.05) is 60.7 Å². The number of ketones is 1. The zero-order chi connectivity index (χ0) is 14.5. The summed E-state index contributed by atoms with van der Waals surface area (Å²) >= 11 is 0. The molecule has 108 valence electrons. The molecule has 0 N–H and O–H groups in total. The van der Waals surface area contributed by atoms with E-state index in [4.69, 9.17) is 9.47 Å². The van der Waals surface area contributed by atoms with Crippen LogP contribution in [0.4, 0.5) is 0 Å². The van der Waals surface area contributed by atoms with E-state index in [2.05, 4.69) is 0 Å². The number of benzene rings is 2. The molecule has 2 aromatic carbocycles. The first kappa shape index (κ1) is 14.0. The van der Waals surface area contributed by atoms with Gasteiger partial charge >= 0.3 is 0 Å². The van der Waals surface area contributed by atoms with Gasteiger partial charge in [-0.1, -0.05) is 60.7 Å². The summed E-state index contributed by atoms with van der Waals surface area (Å²) < 4.78 is 11.0. The molecule has 3 rings (SSSR count). The second-order valence-electron chi connectivity index (χ2n) is 5.20. The Labute approximate surface area is 124 Å². The molecule has 21 heavy (non-hydrogen) atoms. The van der Waals surface area contributed by atoms with Gasteiger partial charge in [0.2, 0.25) is 0 Å². The number of carbonyl (C=O) groups excluding carboxylic acids is 1. The third-order valence-electron chi connectivity index (χ3n) is 3.50. The van der Waals surface area contributed by atoms with Gasteiger partial charge in [0, 0.05) is 12.0 Å². The molecule has 1 heterocycles.